The average molecular weight is 261 g/mol. The third kappa shape index (κ3) is 5.25. The second-order valence-electron chi connectivity index (χ2n) is 6.02. The maximum atomic E-state index is 12.0. The number of ketones is 1. The van der Waals surface area contributed by atoms with Crippen LogP contribution >= 0.6 is 0 Å². The van der Waals surface area contributed by atoms with Crippen LogP contribution in [0, 0.1) is 13.8 Å². The number of carbonyl (C=O) groups is 2. The maximum absolute atomic E-state index is 12.0. The Hall–Kier alpha value is -1.64. The molecule has 0 saturated heterocycles. The number of Topliss-reactive ketones (excluding diaryl/α,β-unsaturated/α-hetero) is 1. The lowest BCUT2D eigenvalue weighted by Gasteiger charge is -2.20. The largest absolute Gasteiger partial charge is 0.351 e. The summed E-state index contributed by atoms with van der Waals surface area (Å²) in [5.74, 6) is -0.0585. The highest BCUT2D eigenvalue weighted by molar-refractivity contribution is 5.98. The van der Waals surface area contributed by atoms with Crippen molar-refractivity contribution in [3.8, 4) is 0 Å². The SMILES string of the molecule is Cc1ccc(C(=O)CCC(=O)NC(C)(C)C)cc1C. The van der Waals surface area contributed by atoms with Gasteiger partial charge in [-0.3, -0.25) is 9.59 Å². The van der Waals surface area contributed by atoms with Crippen LogP contribution < -0.4 is 5.32 Å². The van der Waals surface area contributed by atoms with Crippen LogP contribution in [0.15, 0.2) is 18.2 Å². The number of hydrogen-bond acceptors (Lipinski definition) is 2. The van der Waals surface area contributed by atoms with E-state index in [0.717, 1.165) is 5.56 Å². The molecule has 0 heterocycles. The number of carbonyl (C=O) groups excluding carboxylic acids is 2. The lowest BCUT2D eigenvalue weighted by Crippen LogP contribution is -2.40. The summed E-state index contributed by atoms with van der Waals surface area (Å²) in [6.45, 7) is 9.78. The van der Waals surface area contributed by atoms with Crippen molar-refractivity contribution in [2.24, 2.45) is 0 Å². The van der Waals surface area contributed by atoms with Crippen molar-refractivity contribution < 1.29 is 9.59 Å². The van der Waals surface area contributed by atoms with Crippen molar-refractivity contribution in [1.82, 2.24) is 5.32 Å². The zero-order chi connectivity index (χ0) is 14.6. The van der Waals surface area contributed by atoms with Gasteiger partial charge in [-0.05, 0) is 51.8 Å². The minimum absolute atomic E-state index is 0.0205. The zero-order valence-electron chi connectivity index (χ0n) is 12.5. The summed E-state index contributed by atoms with van der Waals surface area (Å²) in [6, 6.07) is 5.66. The van der Waals surface area contributed by atoms with Crippen molar-refractivity contribution in [2.75, 3.05) is 0 Å². The van der Waals surface area contributed by atoms with Gasteiger partial charge in [0.25, 0.3) is 0 Å². The summed E-state index contributed by atoms with van der Waals surface area (Å²) in [7, 11) is 0. The summed E-state index contributed by atoms with van der Waals surface area (Å²) < 4.78 is 0. The van der Waals surface area contributed by atoms with Crippen LogP contribution in [0.2, 0.25) is 0 Å². The maximum Gasteiger partial charge on any atom is 0.220 e. The number of amides is 1. The normalized spacial score (nSPS) is 11.2. The molecule has 104 valence electrons. The molecule has 0 bridgehead atoms. The Balaban J connectivity index is 2.56. The molecule has 3 nitrogen and oxygen atoms in total. The number of rotatable bonds is 4. The third-order valence-electron chi connectivity index (χ3n) is 2.92. The van der Waals surface area contributed by atoms with Crippen molar-refractivity contribution >= 4 is 11.7 Å². The summed E-state index contributed by atoms with van der Waals surface area (Å²) >= 11 is 0. The lowest BCUT2D eigenvalue weighted by atomic mass is 10.0. The van der Waals surface area contributed by atoms with E-state index in [9.17, 15) is 9.59 Å². The molecule has 0 atom stereocenters. The topological polar surface area (TPSA) is 46.2 Å². The molecule has 0 unspecified atom stereocenters. The minimum atomic E-state index is -0.249. The molecule has 0 saturated carbocycles. The number of benzene rings is 1. The second kappa shape index (κ2) is 6.00. The van der Waals surface area contributed by atoms with Gasteiger partial charge in [0, 0.05) is 23.9 Å². The molecule has 1 aromatic rings. The van der Waals surface area contributed by atoms with Gasteiger partial charge < -0.3 is 5.32 Å². The van der Waals surface area contributed by atoms with Gasteiger partial charge in [-0.1, -0.05) is 12.1 Å². The zero-order valence-corrected chi connectivity index (χ0v) is 12.5. The van der Waals surface area contributed by atoms with Crippen molar-refractivity contribution in [2.45, 2.75) is 53.0 Å². The van der Waals surface area contributed by atoms with E-state index in [1.165, 1.54) is 5.56 Å². The molecule has 0 aliphatic heterocycles. The molecule has 1 amide bonds. The van der Waals surface area contributed by atoms with E-state index in [4.69, 9.17) is 0 Å². The number of aryl methyl sites for hydroxylation is 2. The highest BCUT2D eigenvalue weighted by Crippen LogP contribution is 2.12. The van der Waals surface area contributed by atoms with E-state index in [2.05, 4.69) is 5.32 Å². The fourth-order valence-corrected chi connectivity index (χ4v) is 1.77. The molecule has 1 aromatic carbocycles. The molecule has 0 spiro atoms. The summed E-state index contributed by atoms with van der Waals surface area (Å²) in [6.07, 6.45) is 0.493. The van der Waals surface area contributed by atoms with E-state index < -0.39 is 0 Å². The quantitative estimate of drug-likeness (QED) is 0.846. The van der Waals surface area contributed by atoms with Crippen LogP contribution in [0.1, 0.15) is 55.1 Å². The van der Waals surface area contributed by atoms with Crippen LogP contribution in [0.25, 0.3) is 0 Å². The molecule has 1 N–H and O–H groups in total. The Morgan fingerprint density at radius 1 is 1.05 bits per heavy atom. The van der Waals surface area contributed by atoms with E-state index in [-0.39, 0.29) is 30.1 Å². The standard InChI is InChI=1S/C16H23NO2/c1-11-6-7-13(10-12(11)2)14(18)8-9-15(19)17-16(3,4)5/h6-7,10H,8-9H2,1-5H3,(H,17,19). The first-order chi connectivity index (χ1) is 8.69. The molecule has 1 rings (SSSR count). The first-order valence-electron chi connectivity index (χ1n) is 6.60. The predicted molar refractivity (Wildman–Crippen MR) is 77.4 cm³/mol. The minimum Gasteiger partial charge on any atom is -0.351 e. The Morgan fingerprint density at radius 2 is 1.68 bits per heavy atom. The van der Waals surface area contributed by atoms with E-state index in [0.29, 0.717) is 5.56 Å². The van der Waals surface area contributed by atoms with Crippen molar-refractivity contribution in [3.05, 3.63) is 34.9 Å². The van der Waals surface area contributed by atoms with Gasteiger partial charge >= 0.3 is 0 Å². The molecule has 0 aliphatic rings. The van der Waals surface area contributed by atoms with Crippen LogP contribution in [-0.2, 0) is 4.79 Å². The predicted octanol–water partition coefficient (Wildman–Crippen LogP) is 3.18. The molecular formula is C16H23NO2. The van der Waals surface area contributed by atoms with Crippen LogP contribution in [0.4, 0.5) is 0 Å². The van der Waals surface area contributed by atoms with E-state index in [1.807, 2.05) is 52.8 Å². The van der Waals surface area contributed by atoms with Gasteiger partial charge in [0.1, 0.15) is 0 Å². The Kier molecular flexibility index (Phi) is 4.87. The monoisotopic (exact) mass is 261 g/mol. The summed E-state index contributed by atoms with van der Waals surface area (Å²) in [4.78, 5) is 23.7. The summed E-state index contributed by atoms with van der Waals surface area (Å²) in [5, 5.41) is 2.86. The third-order valence-corrected chi connectivity index (χ3v) is 2.92. The van der Waals surface area contributed by atoms with E-state index >= 15 is 0 Å². The fourth-order valence-electron chi connectivity index (χ4n) is 1.77. The van der Waals surface area contributed by atoms with Crippen molar-refractivity contribution in [3.63, 3.8) is 0 Å². The van der Waals surface area contributed by atoms with Gasteiger partial charge in [-0.25, -0.2) is 0 Å². The second-order valence-corrected chi connectivity index (χ2v) is 6.02. The molecule has 0 fully saturated rings. The molecule has 19 heavy (non-hydrogen) atoms. The summed E-state index contributed by atoms with van der Waals surface area (Å²) in [5.41, 5.74) is 2.71. The van der Waals surface area contributed by atoms with Gasteiger partial charge in [-0.2, -0.15) is 0 Å². The highest BCUT2D eigenvalue weighted by Gasteiger charge is 2.15. The van der Waals surface area contributed by atoms with E-state index in [1.54, 1.807) is 0 Å². The Bertz CT molecular complexity index is 484. The highest BCUT2D eigenvalue weighted by atomic mass is 16.2. The van der Waals surface area contributed by atoms with Crippen LogP contribution in [-0.4, -0.2) is 17.2 Å². The first-order valence-corrected chi connectivity index (χ1v) is 6.60. The smallest absolute Gasteiger partial charge is 0.220 e. The van der Waals surface area contributed by atoms with Gasteiger partial charge in [0.05, 0.1) is 0 Å². The van der Waals surface area contributed by atoms with Crippen LogP contribution in [0.3, 0.4) is 0 Å². The van der Waals surface area contributed by atoms with Crippen LogP contribution in [0.5, 0.6) is 0 Å². The lowest BCUT2D eigenvalue weighted by molar-refractivity contribution is -0.122. The molecule has 0 radical (unpaired) electrons. The molecule has 0 aromatic heterocycles. The van der Waals surface area contributed by atoms with Gasteiger partial charge in [0.2, 0.25) is 5.91 Å². The molecule has 3 heteroatoms. The fraction of sp³-hybridized carbons (Fsp3) is 0.500. The Morgan fingerprint density at radius 3 is 2.21 bits per heavy atom. The first kappa shape index (κ1) is 15.4. The van der Waals surface area contributed by atoms with Gasteiger partial charge in [-0.15, -0.1) is 0 Å². The molecular weight excluding hydrogens is 238 g/mol. The number of hydrogen-bond donors (Lipinski definition) is 1. The average Bonchev–Trinajstić information content (AvgIpc) is 2.27. The Labute approximate surface area is 115 Å². The number of nitrogens with one attached hydrogen (secondary N) is 1. The van der Waals surface area contributed by atoms with Gasteiger partial charge in [0.15, 0.2) is 5.78 Å². The van der Waals surface area contributed by atoms with Crippen molar-refractivity contribution in [1.29, 1.82) is 0 Å². The molecule has 0 aliphatic carbocycles.